The van der Waals surface area contributed by atoms with Crippen molar-refractivity contribution in [1.29, 1.82) is 0 Å². The first-order valence-electron chi connectivity index (χ1n) is 9.60. The molecule has 3 heterocycles. The third-order valence-electron chi connectivity index (χ3n) is 5.62. The summed E-state index contributed by atoms with van der Waals surface area (Å²) >= 11 is 0. The van der Waals surface area contributed by atoms with Crippen molar-refractivity contribution in [2.24, 2.45) is 0 Å². The molecule has 5 heteroatoms. The number of nitrogens with one attached hydrogen (secondary N) is 1. The number of nitrogens with zero attached hydrogens (tertiary/aromatic N) is 2. The number of H-pyrrole nitrogens is 1. The number of aryl methyl sites for hydroxylation is 2. The van der Waals surface area contributed by atoms with Gasteiger partial charge in [-0.15, -0.1) is 0 Å². The van der Waals surface area contributed by atoms with E-state index >= 15 is 0 Å². The second-order valence-corrected chi connectivity index (χ2v) is 7.56. The monoisotopic (exact) mass is 365 g/mol. The van der Waals surface area contributed by atoms with E-state index in [-0.39, 0.29) is 5.91 Å². The number of amides is 1. The van der Waals surface area contributed by atoms with E-state index in [1.165, 1.54) is 0 Å². The summed E-state index contributed by atoms with van der Waals surface area (Å²) in [6, 6.07) is 10.6. The van der Waals surface area contributed by atoms with Crippen LogP contribution in [0, 0.1) is 13.8 Å². The Bertz CT molecular complexity index is 883. The van der Waals surface area contributed by atoms with Gasteiger partial charge in [-0.3, -0.25) is 14.6 Å². The quantitative estimate of drug-likeness (QED) is 0.824. The zero-order valence-corrected chi connectivity index (χ0v) is 16.3. The number of aromatic nitrogens is 1. The van der Waals surface area contributed by atoms with Crippen molar-refractivity contribution in [2.75, 3.05) is 31.8 Å². The van der Waals surface area contributed by atoms with Gasteiger partial charge in [-0.2, -0.15) is 0 Å². The molecule has 0 spiro atoms. The van der Waals surface area contributed by atoms with Gasteiger partial charge in [0.2, 0.25) is 0 Å². The standard InChI is InChI=1S/C22H27N3O2/c1-15-11-16(2)23-20(15)12-19-18-8-4-5-9-21(18)25(22(19)26)14-24-10-6-7-17(24)13-27-3/h4-5,8-9,11-12,17,23H,6-7,10,13-14H2,1-3H3/b19-12-. The van der Waals surface area contributed by atoms with Crippen molar-refractivity contribution >= 4 is 23.2 Å². The van der Waals surface area contributed by atoms with Crippen LogP contribution in [0.25, 0.3) is 11.6 Å². The van der Waals surface area contributed by atoms with Crippen LogP contribution in [0.15, 0.2) is 30.3 Å². The molecule has 5 nitrogen and oxygen atoms in total. The Kier molecular flexibility index (Phi) is 4.89. The van der Waals surface area contributed by atoms with E-state index in [4.69, 9.17) is 4.74 Å². The van der Waals surface area contributed by atoms with Gasteiger partial charge in [-0.05, 0) is 50.5 Å². The summed E-state index contributed by atoms with van der Waals surface area (Å²) in [6.07, 6.45) is 4.28. The molecule has 2 aromatic rings. The van der Waals surface area contributed by atoms with Gasteiger partial charge >= 0.3 is 0 Å². The van der Waals surface area contributed by atoms with E-state index in [0.29, 0.717) is 19.3 Å². The third-order valence-corrected chi connectivity index (χ3v) is 5.62. The second-order valence-electron chi connectivity index (χ2n) is 7.56. The number of benzene rings is 1. The van der Waals surface area contributed by atoms with E-state index in [2.05, 4.69) is 22.9 Å². The van der Waals surface area contributed by atoms with Gasteiger partial charge in [0.05, 0.1) is 24.5 Å². The van der Waals surface area contributed by atoms with Crippen LogP contribution in [0.3, 0.4) is 0 Å². The molecule has 1 fully saturated rings. The Morgan fingerprint density at radius 2 is 2.11 bits per heavy atom. The summed E-state index contributed by atoms with van der Waals surface area (Å²) in [5.41, 5.74) is 6.04. The smallest absolute Gasteiger partial charge is 0.260 e. The summed E-state index contributed by atoms with van der Waals surface area (Å²) < 4.78 is 5.37. The van der Waals surface area contributed by atoms with Gasteiger partial charge in [-0.25, -0.2) is 0 Å². The zero-order chi connectivity index (χ0) is 19.0. The minimum absolute atomic E-state index is 0.0749. The van der Waals surface area contributed by atoms with Crippen LogP contribution in [0.4, 0.5) is 5.69 Å². The highest BCUT2D eigenvalue weighted by Gasteiger charge is 2.35. The van der Waals surface area contributed by atoms with Crippen molar-refractivity contribution in [1.82, 2.24) is 9.88 Å². The fourth-order valence-electron chi connectivity index (χ4n) is 4.27. The predicted molar refractivity (Wildman–Crippen MR) is 109 cm³/mol. The van der Waals surface area contributed by atoms with Gasteiger partial charge in [0.1, 0.15) is 0 Å². The number of ether oxygens (including phenoxy) is 1. The number of hydrogen-bond acceptors (Lipinski definition) is 3. The molecule has 0 aliphatic carbocycles. The molecule has 1 amide bonds. The van der Waals surface area contributed by atoms with Gasteiger partial charge < -0.3 is 9.72 Å². The highest BCUT2D eigenvalue weighted by Crippen LogP contribution is 2.38. The number of fused-ring (bicyclic) bond motifs is 1. The number of hydrogen-bond donors (Lipinski definition) is 1. The van der Waals surface area contributed by atoms with Crippen LogP contribution >= 0.6 is 0 Å². The number of carbonyl (C=O) groups is 1. The second kappa shape index (κ2) is 7.33. The lowest BCUT2D eigenvalue weighted by Gasteiger charge is -2.29. The molecule has 1 unspecified atom stereocenters. The largest absolute Gasteiger partial charge is 0.383 e. The molecule has 0 saturated carbocycles. The molecule has 2 aliphatic heterocycles. The number of anilines is 1. The molecular formula is C22H27N3O2. The van der Waals surface area contributed by atoms with Crippen molar-refractivity contribution in [3.63, 3.8) is 0 Å². The topological polar surface area (TPSA) is 48.6 Å². The molecule has 27 heavy (non-hydrogen) atoms. The third kappa shape index (κ3) is 3.33. The fourth-order valence-corrected chi connectivity index (χ4v) is 4.27. The van der Waals surface area contributed by atoms with Crippen LogP contribution in [0.5, 0.6) is 0 Å². The van der Waals surface area contributed by atoms with E-state index < -0.39 is 0 Å². The summed E-state index contributed by atoms with van der Waals surface area (Å²) in [7, 11) is 1.74. The van der Waals surface area contributed by atoms with Crippen molar-refractivity contribution in [3.8, 4) is 0 Å². The van der Waals surface area contributed by atoms with E-state index in [1.54, 1.807) is 7.11 Å². The van der Waals surface area contributed by atoms with Crippen molar-refractivity contribution in [2.45, 2.75) is 32.7 Å². The first-order chi connectivity index (χ1) is 13.1. The lowest BCUT2D eigenvalue weighted by atomic mass is 10.1. The average molecular weight is 365 g/mol. The van der Waals surface area contributed by atoms with Crippen LogP contribution in [0.1, 0.15) is 35.4 Å². The Morgan fingerprint density at radius 1 is 1.30 bits per heavy atom. The molecule has 1 aromatic carbocycles. The van der Waals surface area contributed by atoms with E-state index in [1.807, 2.05) is 42.2 Å². The highest BCUT2D eigenvalue weighted by atomic mass is 16.5. The molecule has 0 radical (unpaired) electrons. The van der Waals surface area contributed by atoms with Gasteiger partial charge in [0.25, 0.3) is 5.91 Å². The first-order valence-corrected chi connectivity index (χ1v) is 9.60. The maximum Gasteiger partial charge on any atom is 0.260 e. The molecule has 142 valence electrons. The molecule has 4 rings (SSSR count). The van der Waals surface area contributed by atoms with Crippen LogP contribution < -0.4 is 4.90 Å². The molecule has 2 aliphatic rings. The molecular weight excluding hydrogens is 338 g/mol. The van der Waals surface area contributed by atoms with Crippen LogP contribution in [0.2, 0.25) is 0 Å². The summed E-state index contributed by atoms with van der Waals surface area (Å²) in [5.74, 6) is 0.0749. The Balaban J connectivity index is 1.67. The van der Waals surface area contributed by atoms with Crippen LogP contribution in [-0.4, -0.2) is 48.8 Å². The Morgan fingerprint density at radius 3 is 2.85 bits per heavy atom. The van der Waals surface area contributed by atoms with Crippen molar-refractivity contribution < 1.29 is 9.53 Å². The zero-order valence-electron chi connectivity index (χ0n) is 16.3. The number of carbonyl (C=O) groups excluding carboxylic acids is 1. The lowest BCUT2D eigenvalue weighted by molar-refractivity contribution is -0.113. The minimum Gasteiger partial charge on any atom is -0.383 e. The number of likely N-dealkylation sites (tertiary alicyclic amines) is 1. The van der Waals surface area contributed by atoms with Gasteiger partial charge in [0, 0.05) is 36.6 Å². The normalized spacial score (nSPS) is 21.4. The highest BCUT2D eigenvalue weighted by molar-refractivity contribution is 6.35. The van der Waals surface area contributed by atoms with E-state index in [9.17, 15) is 4.79 Å². The van der Waals surface area contributed by atoms with Gasteiger partial charge in [0.15, 0.2) is 0 Å². The minimum atomic E-state index is 0.0749. The van der Waals surface area contributed by atoms with E-state index in [0.717, 1.165) is 53.2 Å². The summed E-state index contributed by atoms with van der Waals surface area (Å²) in [5, 5.41) is 0. The maximum atomic E-state index is 13.3. The molecule has 1 saturated heterocycles. The number of aromatic amines is 1. The summed E-state index contributed by atoms with van der Waals surface area (Å²) in [4.78, 5) is 21.0. The first kappa shape index (κ1) is 18.0. The summed E-state index contributed by atoms with van der Waals surface area (Å²) in [6.45, 7) is 6.44. The molecule has 0 bridgehead atoms. The Hall–Kier alpha value is -2.37. The SMILES string of the molecule is COCC1CCCN1CN1C(=O)/C(=C\c2[nH]c(C)cc2C)c2ccccc21. The number of methoxy groups -OCH3 is 1. The number of rotatable bonds is 5. The molecule has 1 N–H and O–H groups in total. The average Bonchev–Trinajstić information content (AvgIpc) is 3.29. The number of para-hydroxylation sites is 1. The predicted octanol–water partition coefficient (Wildman–Crippen LogP) is 3.59. The van der Waals surface area contributed by atoms with Crippen LogP contribution in [-0.2, 0) is 9.53 Å². The maximum absolute atomic E-state index is 13.3. The molecule has 1 aromatic heterocycles. The van der Waals surface area contributed by atoms with Gasteiger partial charge in [-0.1, -0.05) is 18.2 Å². The fraction of sp³-hybridized carbons (Fsp3) is 0.409. The lowest BCUT2D eigenvalue weighted by Crippen LogP contribution is -2.43. The molecule has 1 atom stereocenters. The van der Waals surface area contributed by atoms with Crippen molar-refractivity contribution in [3.05, 3.63) is 52.8 Å². The Labute approximate surface area is 160 Å².